The standard InChI is InChI=1S/C53H84O21/c1-11-22(2)44(67)68-21-53-25(18-48(4,5)19-29(53)55)24-12-13-28-50(8)16-15-30(49(6,7)27(50)14-17-51(28,9)52(24,10)41(63)42(53)64)71-47-40(74-46-36(61)34(59)32(57)26(20-54)70-46)38(37(62)39(73-47)43(65)66)72-45-35(60)33(58)31(56)23(3)69-45/h11-12,23,25-42,45-47,54-64H,13-21H2,1-10H3,(H,65,66)/b22-11-/t23-,25-,26+,27-,28+,29-,30-,31-,32-,33+,34-,35+,36+,37-,38-,39-,40+,41-,42+,45-,46-,47+,50-,51+,52-,53+/m0/s1. The summed E-state index contributed by atoms with van der Waals surface area (Å²) in [4.78, 5) is 26.0. The number of rotatable bonds is 11. The average molecular weight is 1060 g/mol. The lowest BCUT2D eigenvalue weighted by Gasteiger charge is -2.73. The molecule has 0 spiro atoms. The Balaban J connectivity index is 1.12. The Morgan fingerprint density at radius 2 is 1.34 bits per heavy atom. The van der Waals surface area contributed by atoms with E-state index >= 15 is 0 Å². The molecule has 8 rings (SSSR count). The molecule has 0 bridgehead atoms. The molecule has 21 nitrogen and oxygen atoms in total. The number of esters is 1. The van der Waals surface area contributed by atoms with Crippen LogP contribution in [0.5, 0.6) is 0 Å². The molecule has 422 valence electrons. The van der Waals surface area contributed by atoms with E-state index in [1.54, 1.807) is 19.9 Å². The lowest BCUT2D eigenvalue weighted by Crippen LogP contribution is -2.74. The fraction of sp³-hybridized carbons (Fsp3) is 0.887. The summed E-state index contributed by atoms with van der Waals surface area (Å²) in [6.45, 7) is 18.4. The molecule has 74 heavy (non-hydrogen) atoms. The Labute approximate surface area is 432 Å². The smallest absolute Gasteiger partial charge is 0.335 e. The zero-order valence-electron chi connectivity index (χ0n) is 44.3. The van der Waals surface area contributed by atoms with E-state index in [1.807, 2.05) is 20.8 Å². The molecule has 7 fully saturated rings. The first-order valence-electron chi connectivity index (χ1n) is 26.5. The van der Waals surface area contributed by atoms with Crippen LogP contribution in [0.1, 0.15) is 114 Å². The number of carbonyl (C=O) groups excluding carboxylic acids is 1. The zero-order chi connectivity index (χ0) is 54.7. The number of hydrogen-bond acceptors (Lipinski definition) is 20. The number of aliphatic hydroxyl groups is 11. The first kappa shape index (κ1) is 57.9. The predicted octanol–water partition coefficient (Wildman–Crippen LogP) is 0.163. The summed E-state index contributed by atoms with van der Waals surface area (Å²) in [6.07, 6.45) is -23.9. The van der Waals surface area contributed by atoms with Gasteiger partial charge in [0.25, 0.3) is 0 Å². The van der Waals surface area contributed by atoms with Gasteiger partial charge in [-0.3, -0.25) is 0 Å². The molecule has 21 heteroatoms. The number of allylic oxidation sites excluding steroid dienone is 2. The number of carboxylic acids is 1. The fourth-order valence-corrected chi connectivity index (χ4v) is 15.8. The molecule has 3 saturated heterocycles. The van der Waals surface area contributed by atoms with Gasteiger partial charge in [-0.15, -0.1) is 0 Å². The van der Waals surface area contributed by atoms with E-state index in [0.29, 0.717) is 50.5 Å². The van der Waals surface area contributed by atoms with Crippen LogP contribution in [0, 0.1) is 50.2 Å². The van der Waals surface area contributed by atoms with E-state index in [-0.39, 0.29) is 23.9 Å². The summed E-state index contributed by atoms with van der Waals surface area (Å²) in [6, 6.07) is 0. The first-order valence-corrected chi connectivity index (χ1v) is 26.5. The van der Waals surface area contributed by atoms with Crippen LogP contribution >= 0.6 is 0 Å². The van der Waals surface area contributed by atoms with Crippen molar-refractivity contribution in [1.29, 1.82) is 0 Å². The predicted molar refractivity (Wildman–Crippen MR) is 257 cm³/mol. The molecule has 3 aliphatic heterocycles. The molecule has 4 saturated carbocycles. The molecule has 0 aromatic carbocycles. The normalized spacial score (nSPS) is 52.1. The molecule has 0 aromatic heterocycles. The maximum absolute atomic E-state index is 13.1. The number of aliphatic carboxylic acids is 1. The van der Waals surface area contributed by atoms with Gasteiger partial charge in [0, 0.05) is 11.0 Å². The number of fused-ring (bicyclic) bond motifs is 7. The maximum atomic E-state index is 13.1. The van der Waals surface area contributed by atoms with Gasteiger partial charge in [-0.2, -0.15) is 0 Å². The summed E-state index contributed by atoms with van der Waals surface area (Å²) >= 11 is 0. The van der Waals surface area contributed by atoms with Gasteiger partial charge in [0.05, 0.1) is 42.5 Å². The molecular weight excluding hydrogens is 973 g/mol. The highest BCUT2D eigenvalue weighted by Gasteiger charge is 2.74. The molecule has 0 radical (unpaired) electrons. The highest BCUT2D eigenvalue weighted by molar-refractivity contribution is 5.87. The second-order valence-electron chi connectivity index (χ2n) is 25.2. The van der Waals surface area contributed by atoms with Crippen LogP contribution in [0.2, 0.25) is 0 Å². The average Bonchev–Trinajstić information content (AvgIpc) is 3.33. The van der Waals surface area contributed by atoms with Gasteiger partial charge in [-0.05, 0) is 105 Å². The Bertz CT molecular complexity index is 2130. The van der Waals surface area contributed by atoms with Crippen molar-refractivity contribution in [1.82, 2.24) is 0 Å². The van der Waals surface area contributed by atoms with Crippen molar-refractivity contribution in [2.24, 2.45) is 50.2 Å². The van der Waals surface area contributed by atoms with Gasteiger partial charge in [0.2, 0.25) is 0 Å². The summed E-state index contributed by atoms with van der Waals surface area (Å²) in [5.74, 6) is -2.79. The number of ether oxygens (including phenoxy) is 7. The van der Waals surface area contributed by atoms with Gasteiger partial charge >= 0.3 is 11.9 Å². The van der Waals surface area contributed by atoms with E-state index in [9.17, 15) is 70.9 Å². The zero-order valence-corrected chi connectivity index (χ0v) is 44.3. The van der Waals surface area contributed by atoms with Crippen LogP contribution < -0.4 is 0 Å². The van der Waals surface area contributed by atoms with Gasteiger partial charge in [-0.1, -0.05) is 66.2 Å². The van der Waals surface area contributed by atoms with Gasteiger partial charge in [-0.25, -0.2) is 9.59 Å². The minimum Gasteiger partial charge on any atom is -0.479 e. The van der Waals surface area contributed by atoms with E-state index < -0.39 is 168 Å². The van der Waals surface area contributed by atoms with Crippen molar-refractivity contribution in [3.63, 3.8) is 0 Å². The second kappa shape index (κ2) is 20.4. The topological polar surface area (TPSA) is 342 Å². The van der Waals surface area contributed by atoms with Gasteiger partial charge in [0.1, 0.15) is 67.6 Å². The molecule has 0 unspecified atom stereocenters. The van der Waals surface area contributed by atoms with Crippen LogP contribution in [0.3, 0.4) is 0 Å². The number of aliphatic hydroxyl groups excluding tert-OH is 11. The van der Waals surface area contributed by atoms with Crippen molar-refractivity contribution < 1.29 is 104 Å². The number of carbonyl (C=O) groups is 2. The molecule has 0 aromatic rings. The largest absolute Gasteiger partial charge is 0.479 e. The Hall–Kier alpha value is -2.26. The quantitative estimate of drug-likeness (QED) is 0.0568. The first-order chi connectivity index (χ1) is 34.4. The Kier molecular flexibility index (Phi) is 16.0. The minimum absolute atomic E-state index is 0.0653. The van der Waals surface area contributed by atoms with E-state index in [2.05, 4.69) is 33.8 Å². The molecular formula is C53H84O21. The van der Waals surface area contributed by atoms with Crippen LogP contribution in [0.4, 0.5) is 0 Å². The molecule has 5 aliphatic carbocycles. The summed E-state index contributed by atoms with van der Waals surface area (Å²) in [5, 5.41) is 134. The van der Waals surface area contributed by atoms with Crippen molar-refractivity contribution in [3.05, 3.63) is 23.3 Å². The minimum atomic E-state index is -2.11. The SMILES string of the molecule is C/C=C(/C)C(=O)OC[C@@]12[C@H](O)[C@H](O)[C@]3(C)C(=CC[C@@H]4[C@@]5(C)CC[C@H](O[C@@H]6O[C@H](C(=O)O)[C@@H](O)[C@H](O[C@@H]7O[C@@H](C)[C@H](O)[C@@H](O)[C@H]7O)[C@H]6O[C@@H]6O[C@H](CO)[C@H](O)[C@H](O)[C@H]6O)C(C)(C)[C@@H]5CC[C@]43C)[C@@H]1CC(C)(C)C[C@@H]2O. The maximum Gasteiger partial charge on any atom is 0.335 e. The lowest BCUT2D eigenvalue weighted by atomic mass is 9.32. The fourth-order valence-electron chi connectivity index (χ4n) is 15.8. The van der Waals surface area contributed by atoms with Crippen LogP contribution in [0.25, 0.3) is 0 Å². The molecule has 26 atom stereocenters. The van der Waals surface area contributed by atoms with Crippen molar-refractivity contribution in [2.45, 2.75) is 231 Å². The van der Waals surface area contributed by atoms with E-state index in [1.165, 1.54) is 6.92 Å². The highest BCUT2D eigenvalue weighted by atomic mass is 16.8. The molecule has 3 heterocycles. The molecule has 0 amide bonds. The summed E-state index contributed by atoms with van der Waals surface area (Å²) in [5.41, 5.74) is -3.16. The van der Waals surface area contributed by atoms with Gasteiger partial charge in [0.15, 0.2) is 25.0 Å². The Morgan fingerprint density at radius 3 is 1.96 bits per heavy atom. The second-order valence-corrected chi connectivity index (χ2v) is 25.2. The third-order valence-corrected chi connectivity index (χ3v) is 20.4. The number of hydrogen-bond donors (Lipinski definition) is 12. The van der Waals surface area contributed by atoms with Crippen molar-refractivity contribution >= 4 is 11.9 Å². The van der Waals surface area contributed by atoms with Crippen LogP contribution in [0.15, 0.2) is 23.3 Å². The summed E-state index contributed by atoms with van der Waals surface area (Å²) < 4.78 is 42.6. The molecule has 12 N–H and O–H groups in total. The Morgan fingerprint density at radius 1 is 0.716 bits per heavy atom. The van der Waals surface area contributed by atoms with Crippen LogP contribution in [-0.2, 0) is 42.7 Å². The monoisotopic (exact) mass is 1060 g/mol. The third kappa shape index (κ3) is 8.96. The summed E-state index contributed by atoms with van der Waals surface area (Å²) in [7, 11) is 0. The third-order valence-electron chi connectivity index (χ3n) is 20.4. The molecule has 8 aliphatic rings. The highest BCUT2D eigenvalue weighted by Crippen LogP contribution is 2.76. The van der Waals surface area contributed by atoms with E-state index in [0.717, 1.165) is 5.57 Å². The van der Waals surface area contributed by atoms with E-state index in [4.69, 9.17) is 33.2 Å². The van der Waals surface area contributed by atoms with Crippen LogP contribution in [-0.4, -0.2) is 203 Å². The van der Waals surface area contributed by atoms with Crippen molar-refractivity contribution in [3.8, 4) is 0 Å². The lowest BCUT2D eigenvalue weighted by molar-refractivity contribution is -0.395. The van der Waals surface area contributed by atoms with Gasteiger partial charge < -0.3 is 94.4 Å². The number of carboxylic acid groups (broad SMARTS) is 1. The van der Waals surface area contributed by atoms with Crippen molar-refractivity contribution in [2.75, 3.05) is 13.2 Å².